The third-order valence-electron chi connectivity index (χ3n) is 4.16. The molecule has 0 radical (unpaired) electrons. The highest BCUT2D eigenvalue weighted by Gasteiger charge is 2.39. The van der Waals surface area contributed by atoms with Crippen molar-refractivity contribution in [1.82, 2.24) is 5.32 Å². The van der Waals surface area contributed by atoms with Crippen molar-refractivity contribution in [2.45, 2.75) is 50.2 Å². The summed E-state index contributed by atoms with van der Waals surface area (Å²) >= 11 is 9.16. The zero-order valence-corrected chi connectivity index (χ0v) is 13.6. The Hall–Kier alpha value is -0.320. The predicted octanol–water partition coefficient (Wildman–Crippen LogP) is 4.69. The van der Waals surface area contributed by atoms with Crippen LogP contribution in [0.15, 0.2) is 16.6 Å². The fourth-order valence-corrected chi connectivity index (χ4v) is 3.30. The molecule has 0 heterocycles. The second kappa shape index (κ2) is 5.82. The van der Waals surface area contributed by atoms with E-state index >= 15 is 0 Å². The summed E-state index contributed by atoms with van der Waals surface area (Å²) in [6, 6.07) is 3.65. The number of hydrogen-bond acceptors (Lipinski definition) is 2. The molecule has 1 N–H and O–H groups in total. The van der Waals surface area contributed by atoms with E-state index in [0.717, 1.165) is 25.8 Å². The molecule has 0 bridgehead atoms. The molecule has 5 heteroatoms. The summed E-state index contributed by atoms with van der Waals surface area (Å²) in [4.78, 5) is 0. The van der Waals surface area contributed by atoms with Crippen LogP contribution in [0.1, 0.15) is 38.5 Å². The van der Waals surface area contributed by atoms with Gasteiger partial charge < -0.3 is 10.1 Å². The van der Waals surface area contributed by atoms with Crippen LogP contribution in [0.4, 0.5) is 4.39 Å². The van der Waals surface area contributed by atoms with Gasteiger partial charge in [-0.3, -0.25) is 0 Å². The molecule has 1 aromatic rings. The van der Waals surface area contributed by atoms with Crippen LogP contribution in [0.3, 0.4) is 0 Å². The minimum absolute atomic E-state index is 0.113. The molecule has 2 aliphatic carbocycles. The SMILES string of the molecule is Fc1cc(OC2(CCNC3CC3)CCC2)c(Br)cc1Cl. The summed E-state index contributed by atoms with van der Waals surface area (Å²) in [5.41, 5.74) is -0.134. The largest absolute Gasteiger partial charge is 0.486 e. The smallest absolute Gasteiger partial charge is 0.145 e. The normalized spacial score (nSPS) is 20.6. The maximum atomic E-state index is 13.6. The Bertz CT molecular complexity index is 503. The lowest BCUT2D eigenvalue weighted by Crippen LogP contribution is -2.45. The summed E-state index contributed by atoms with van der Waals surface area (Å²) in [7, 11) is 0. The minimum Gasteiger partial charge on any atom is -0.486 e. The third-order valence-corrected chi connectivity index (χ3v) is 5.07. The van der Waals surface area contributed by atoms with E-state index < -0.39 is 5.82 Å². The molecule has 2 saturated carbocycles. The zero-order chi connectivity index (χ0) is 14.2. The van der Waals surface area contributed by atoms with E-state index in [-0.39, 0.29) is 10.6 Å². The molecule has 110 valence electrons. The van der Waals surface area contributed by atoms with Crippen molar-refractivity contribution in [3.63, 3.8) is 0 Å². The van der Waals surface area contributed by atoms with Crippen molar-refractivity contribution in [3.8, 4) is 5.75 Å². The average Bonchev–Trinajstić information content (AvgIpc) is 3.16. The van der Waals surface area contributed by atoms with Crippen LogP contribution in [0.2, 0.25) is 5.02 Å². The molecule has 0 unspecified atom stereocenters. The van der Waals surface area contributed by atoms with Crippen LogP contribution >= 0.6 is 27.5 Å². The highest BCUT2D eigenvalue weighted by Crippen LogP contribution is 2.42. The van der Waals surface area contributed by atoms with Gasteiger partial charge in [-0.1, -0.05) is 11.6 Å². The highest BCUT2D eigenvalue weighted by atomic mass is 79.9. The summed E-state index contributed by atoms with van der Waals surface area (Å²) in [5, 5.41) is 3.63. The van der Waals surface area contributed by atoms with E-state index in [0.29, 0.717) is 16.3 Å². The molecular formula is C15H18BrClFNO. The Morgan fingerprint density at radius 3 is 2.75 bits per heavy atom. The van der Waals surface area contributed by atoms with Crippen LogP contribution < -0.4 is 10.1 Å². The van der Waals surface area contributed by atoms with Gasteiger partial charge in [-0.25, -0.2) is 4.39 Å². The lowest BCUT2D eigenvalue weighted by atomic mass is 9.77. The summed E-state index contributed by atoms with van der Waals surface area (Å²) in [6.45, 7) is 0.971. The van der Waals surface area contributed by atoms with Crippen molar-refractivity contribution < 1.29 is 9.13 Å². The van der Waals surface area contributed by atoms with Gasteiger partial charge in [0.2, 0.25) is 0 Å². The molecular weight excluding hydrogens is 345 g/mol. The van der Waals surface area contributed by atoms with Gasteiger partial charge in [-0.05, 0) is 67.1 Å². The van der Waals surface area contributed by atoms with Crippen molar-refractivity contribution in [2.75, 3.05) is 6.54 Å². The lowest BCUT2D eigenvalue weighted by Gasteiger charge is -2.42. The molecule has 0 atom stereocenters. The standard InChI is InChI=1S/C15H18BrClFNO/c16-11-8-12(17)13(18)9-14(11)20-15(4-1-5-15)6-7-19-10-2-3-10/h8-10,19H,1-7H2. The van der Waals surface area contributed by atoms with E-state index in [2.05, 4.69) is 21.2 Å². The Morgan fingerprint density at radius 2 is 2.15 bits per heavy atom. The van der Waals surface area contributed by atoms with Crippen LogP contribution in [-0.2, 0) is 0 Å². The first-order valence-corrected chi connectivity index (χ1v) is 8.32. The Kier molecular flexibility index (Phi) is 4.25. The highest BCUT2D eigenvalue weighted by molar-refractivity contribution is 9.10. The van der Waals surface area contributed by atoms with Crippen molar-refractivity contribution in [2.24, 2.45) is 0 Å². The fraction of sp³-hybridized carbons (Fsp3) is 0.600. The van der Waals surface area contributed by atoms with Gasteiger partial charge in [0.1, 0.15) is 17.2 Å². The van der Waals surface area contributed by atoms with Crippen molar-refractivity contribution >= 4 is 27.5 Å². The molecule has 0 aliphatic heterocycles. The molecule has 20 heavy (non-hydrogen) atoms. The number of benzene rings is 1. The number of hydrogen-bond donors (Lipinski definition) is 1. The summed E-state index contributed by atoms with van der Waals surface area (Å²) in [6.07, 6.45) is 6.81. The molecule has 0 amide bonds. The second-order valence-corrected chi connectivity index (χ2v) is 7.08. The quantitative estimate of drug-likeness (QED) is 0.742. The maximum absolute atomic E-state index is 13.6. The second-order valence-electron chi connectivity index (χ2n) is 5.81. The number of ether oxygens (including phenoxy) is 1. The molecule has 1 aromatic carbocycles. The molecule has 0 aromatic heterocycles. The maximum Gasteiger partial charge on any atom is 0.145 e. The van der Waals surface area contributed by atoms with Gasteiger partial charge in [0, 0.05) is 12.1 Å². The molecule has 2 aliphatic rings. The van der Waals surface area contributed by atoms with E-state index in [1.165, 1.54) is 25.3 Å². The topological polar surface area (TPSA) is 21.3 Å². The third kappa shape index (κ3) is 3.29. The monoisotopic (exact) mass is 361 g/mol. The number of rotatable bonds is 6. The Morgan fingerprint density at radius 1 is 1.40 bits per heavy atom. The van der Waals surface area contributed by atoms with E-state index in [9.17, 15) is 4.39 Å². The first-order chi connectivity index (χ1) is 9.58. The van der Waals surface area contributed by atoms with Crippen LogP contribution in [0.5, 0.6) is 5.75 Å². The first kappa shape index (κ1) is 14.6. The van der Waals surface area contributed by atoms with E-state index in [1.807, 2.05) is 0 Å². The van der Waals surface area contributed by atoms with Gasteiger partial charge in [0.15, 0.2) is 0 Å². The van der Waals surface area contributed by atoms with Gasteiger partial charge in [0.05, 0.1) is 9.50 Å². The Labute approximate surface area is 132 Å². The van der Waals surface area contributed by atoms with Gasteiger partial charge >= 0.3 is 0 Å². The van der Waals surface area contributed by atoms with Crippen molar-refractivity contribution in [3.05, 3.63) is 27.4 Å². The minimum atomic E-state index is -0.435. The molecule has 2 fully saturated rings. The Balaban J connectivity index is 1.65. The van der Waals surface area contributed by atoms with Gasteiger partial charge in [-0.15, -0.1) is 0 Å². The zero-order valence-electron chi connectivity index (χ0n) is 11.2. The summed E-state index contributed by atoms with van der Waals surface area (Å²) in [5.74, 6) is 0.119. The molecule has 2 nitrogen and oxygen atoms in total. The lowest BCUT2D eigenvalue weighted by molar-refractivity contribution is -0.0151. The van der Waals surface area contributed by atoms with Gasteiger partial charge in [0.25, 0.3) is 0 Å². The van der Waals surface area contributed by atoms with Gasteiger partial charge in [-0.2, -0.15) is 0 Å². The van der Waals surface area contributed by atoms with Crippen molar-refractivity contribution in [1.29, 1.82) is 0 Å². The molecule has 0 spiro atoms. The predicted molar refractivity (Wildman–Crippen MR) is 82.0 cm³/mol. The summed E-state index contributed by atoms with van der Waals surface area (Å²) < 4.78 is 20.4. The van der Waals surface area contributed by atoms with E-state index in [1.54, 1.807) is 6.07 Å². The van der Waals surface area contributed by atoms with E-state index in [4.69, 9.17) is 16.3 Å². The molecule has 3 rings (SSSR count). The molecule has 0 saturated heterocycles. The fourth-order valence-electron chi connectivity index (χ4n) is 2.58. The number of nitrogens with one attached hydrogen (secondary N) is 1. The first-order valence-electron chi connectivity index (χ1n) is 7.15. The van der Waals surface area contributed by atoms with Crippen LogP contribution in [0, 0.1) is 5.82 Å². The average molecular weight is 363 g/mol. The van der Waals surface area contributed by atoms with Crippen LogP contribution in [-0.4, -0.2) is 18.2 Å². The van der Waals surface area contributed by atoms with Crippen LogP contribution in [0.25, 0.3) is 0 Å². The number of halogens is 3.